The number of nitrogens with zero attached hydrogens (tertiary/aromatic N) is 3. The number of fused-ring (bicyclic) bond motifs is 1. The van der Waals surface area contributed by atoms with E-state index >= 15 is 0 Å². The number of methoxy groups -OCH3 is 1. The summed E-state index contributed by atoms with van der Waals surface area (Å²) in [6, 6.07) is 17.8. The SMILES string of the molecule is COc1cc(C2C(C(=O)OC(C)C)=C(C)Nc3nc(SCc4ccccc4Cl)nn32)ccc1OCc1c(Cl)cccc1Cl. The summed E-state index contributed by atoms with van der Waals surface area (Å²) in [7, 11) is 1.55. The third kappa shape index (κ3) is 6.91. The smallest absolute Gasteiger partial charge is 0.338 e. The molecule has 1 aliphatic heterocycles. The lowest BCUT2D eigenvalue weighted by Gasteiger charge is -2.29. The van der Waals surface area contributed by atoms with Gasteiger partial charge >= 0.3 is 5.97 Å². The highest BCUT2D eigenvalue weighted by Gasteiger charge is 2.36. The normalized spacial score (nSPS) is 14.4. The summed E-state index contributed by atoms with van der Waals surface area (Å²) in [4.78, 5) is 18.1. The van der Waals surface area contributed by atoms with Gasteiger partial charge in [0, 0.05) is 32.1 Å². The third-order valence-corrected chi connectivity index (χ3v) is 8.61. The van der Waals surface area contributed by atoms with Crippen molar-refractivity contribution in [1.82, 2.24) is 14.8 Å². The summed E-state index contributed by atoms with van der Waals surface area (Å²) in [6.45, 7) is 5.58. The molecule has 8 nitrogen and oxygen atoms in total. The quantitative estimate of drug-likeness (QED) is 0.134. The van der Waals surface area contributed by atoms with Crippen molar-refractivity contribution in [2.24, 2.45) is 0 Å². The number of benzene rings is 3. The molecule has 0 saturated carbocycles. The fourth-order valence-electron chi connectivity index (χ4n) is 4.59. The van der Waals surface area contributed by atoms with E-state index in [9.17, 15) is 4.79 Å². The van der Waals surface area contributed by atoms with Crippen LogP contribution < -0.4 is 14.8 Å². The summed E-state index contributed by atoms with van der Waals surface area (Å²) >= 11 is 20.5. The van der Waals surface area contributed by atoms with Crippen LogP contribution in [0.4, 0.5) is 5.95 Å². The summed E-state index contributed by atoms with van der Waals surface area (Å²) < 4.78 is 19.1. The van der Waals surface area contributed by atoms with E-state index in [1.165, 1.54) is 11.8 Å². The van der Waals surface area contributed by atoms with Crippen LogP contribution in [0.2, 0.25) is 15.1 Å². The minimum atomic E-state index is -0.648. The van der Waals surface area contributed by atoms with Crippen molar-refractivity contribution in [3.63, 3.8) is 0 Å². The first kappa shape index (κ1) is 31.1. The van der Waals surface area contributed by atoms with Gasteiger partial charge in [-0.2, -0.15) is 4.98 Å². The maximum atomic E-state index is 13.4. The third-order valence-electron chi connectivity index (χ3n) is 6.65. The minimum Gasteiger partial charge on any atom is -0.493 e. The van der Waals surface area contributed by atoms with Crippen molar-refractivity contribution >= 4 is 58.5 Å². The molecular weight excluding hydrogens is 631 g/mol. The van der Waals surface area contributed by atoms with E-state index < -0.39 is 12.0 Å². The Morgan fingerprint density at radius 1 is 1.02 bits per heavy atom. The number of ether oxygens (including phenoxy) is 3. The molecule has 0 saturated heterocycles. The van der Waals surface area contributed by atoms with Crippen LogP contribution in [0.1, 0.15) is 43.5 Å². The van der Waals surface area contributed by atoms with Crippen LogP contribution in [0.5, 0.6) is 11.5 Å². The van der Waals surface area contributed by atoms with Crippen LogP contribution in [-0.2, 0) is 21.9 Å². The van der Waals surface area contributed by atoms with Crippen LogP contribution in [0.15, 0.2) is 77.1 Å². The van der Waals surface area contributed by atoms with Crippen molar-refractivity contribution in [2.75, 3.05) is 12.4 Å². The Hall–Kier alpha value is -3.37. The monoisotopic (exact) mass is 658 g/mol. The van der Waals surface area contributed by atoms with Gasteiger partial charge in [-0.25, -0.2) is 9.48 Å². The van der Waals surface area contributed by atoms with Crippen LogP contribution in [0.25, 0.3) is 0 Å². The summed E-state index contributed by atoms with van der Waals surface area (Å²) in [5.74, 6) is 1.57. The lowest BCUT2D eigenvalue weighted by molar-refractivity contribution is -0.143. The Morgan fingerprint density at radius 2 is 1.74 bits per heavy atom. The zero-order valence-corrected chi connectivity index (χ0v) is 26.9. The van der Waals surface area contributed by atoms with Gasteiger partial charge in [-0.15, -0.1) is 5.10 Å². The molecule has 5 rings (SSSR count). The number of thioether (sulfide) groups is 1. The van der Waals surface area contributed by atoms with E-state index in [0.29, 0.717) is 60.3 Å². The molecule has 1 aliphatic rings. The number of carbonyl (C=O) groups excluding carboxylic acids is 1. The predicted octanol–water partition coefficient (Wildman–Crippen LogP) is 8.36. The maximum absolute atomic E-state index is 13.4. The molecule has 1 aromatic heterocycles. The fourth-order valence-corrected chi connectivity index (χ4v) is 6.22. The van der Waals surface area contributed by atoms with Crippen LogP contribution in [-0.4, -0.2) is 33.9 Å². The number of aromatic nitrogens is 3. The molecule has 0 spiro atoms. The summed E-state index contributed by atoms with van der Waals surface area (Å²) in [5.41, 5.74) is 3.39. The Morgan fingerprint density at radius 3 is 2.44 bits per heavy atom. The number of esters is 1. The Labute approximate surface area is 269 Å². The van der Waals surface area contributed by atoms with E-state index in [1.807, 2.05) is 57.2 Å². The Balaban J connectivity index is 1.49. The van der Waals surface area contributed by atoms with E-state index in [2.05, 4.69) is 5.32 Å². The molecule has 1 atom stereocenters. The van der Waals surface area contributed by atoms with Crippen molar-refractivity contribution < 1.29 is 19.0 Å². The lowest BCUT2D eigenvalue weighted by Crippen LogP contribution is -2.30. The van der Waals surface area contributed by atoms with Crippen LogP contribution in [0.3, 0.4) is 0 Å². The topological polar surface area (TPSA) is 87.5 Å². The molecule has 3 aromatic carbocycles. The van der Waals surface area contributed by atoms with Crippen LogP contribution in [0, 0.1) is 0 Å². The molecular formula is C31H29Cl3N4O4S. The highest BCUT2D eigenvalue weighted by molar-refractivity contribution is 7.98. The summed E-state index contributed by atoms with van der Waals surface area (Å²) in [6.07, 6.45) is -0.311. The van der Waals surface area contributed by atoms with E-state index in [1.54, 1.807) is 36.1 Å². The minimum absolute atomic E-state index is 0.145. The number of hydrogen-bond donors (Lipinski definition) is 1. The zero-order chi connectivity index (χ0) is 30.7. The number of halogens is 3. The Bertz CT molecular complexity index is 1670. The molecule has 1 unspecified atom stereocenters. The number of nitrogens with one attached hydrogen (secondary N) is 1. The molecule has 43 heavy (non-hydrogen) atoms. The van der Waals surface area contributed by atoms with Crippen LogP contribution >= 0.6 is 46.6 Å². The lowest BCUT2D eigenvalue weighted by atomic mass is 9.95. The van der Waals surface area contributed by atoms with Gasteiger partial charge in [0.2, 0.25) is 11.1 Å². The zero-order valence-electron chi connectivity index (χ0n) is 23.9. The Kier molecular flexibility index (Phi) is 9.76. The largest absolute Gasteiger partial charge is 0.493 e. The van der Waals surface area contributed by atoms with Gasteiger partial charge in [0.05, 0.1) is 18.8 Å². The molecule has 2 heterocycles. The molecule has 224 valence electrons. The summed E-state index contributed by atoms with van der Waals surface area (Å²) in [5, 5.41) is 10.2. The molecule has 4 aromatic rings. The van der Waals surface area contributed by atoms with E-state index in [4.69, 9.17) is 59.1 Å². The average molecular weight is 660 g/mol. The van der Waals surface area contributed by atoms with Crippen molar-refractivity contribution in [3.05, 3.63) is 104 Å². The molecule has 12 heteroatoms. The fraction of sp³-hybridized carbons (Fsp3) is 0.258. The second-order valence-electron chi connectivity index (χ2n) is 9.96. The van der Waals surface area contributed by atoms with Crippen molar-refractivity contribution in [2.45, 2.75) is 50.4 Å². The van der Waals surface area contributed by atoms with E-state index in [0.717, 1.165) is 11.1 Å². The highest BCUT2D eigenvalue weighted by atomic mass is 35.5. The van der Waals surface area contributed by atoms with Gasteiger partial charge in [-0.3, -0.25) is 0 Å². The van der Waals surface area contributed by atoms with Gasteiger partial charge in [0.1, 0.15) is 12.6 Å². The van der Waals surface area contributed by atoms with Gasteiger partial charge in [0.15, 0.2) is 11.5 Å². The van der Waals surface area contributed by atoms with Gasteiger partial charge < -0.3 is 19.5 Å². The number of anilines is 1. The maximum Gasteiger partial charge on any atom is 0.338 e. The second kappa shape index (κ2) is 13.5. The standard InChI is InChI=1S/C31H29Cl3N4O4S/c1-17(2)42-29(39)27-18(3)35-30-36-31(43-16-20-8-5-6-9-22(20)32)37-38(30)28(27)19-12-13-25(26(14-19)40-4)41-15-21-23(33)10-7-11-24(21)34/h5-14,17,28H,15-16H2,1-4H3,(H,35,36,37). The molecule has 1 N–H and O–H groups in total. The number of rotatable bonds is 10. The number of carbonyl (C=O) groups is 1. The first-order chi connectivity index (χ1) is 20.7. The van der Waals surface area contributed by atoms with E-state index in [-0.39, 0.29) is 12.7 Å². The second-order valence-corrected chi connectivity index (χ2v) is 12.1. The van der Waals surface area contributed by atoms with Gasteiger partial charge in [-0.1, -0.05) is 76.9 Å². The first-order valence-electron chi connectivity index (χ1n) is 13.4. The van der Waals surface area contributed by atoms with Crippen molar-refractivity contribution in [1.29, 1.82) is 0 Å². The number of hydrogen-bond acceptors (Lipinski definition) is 8. The molecule has 0 bridgehead atoms. The van der Waals surface area contributed by atoms with Crippen molar-refractivity contribution in [3.8, 4) is 11.5 Å². The molecule has 0 amide bonds. The average Bonchev–Trinajstić information content (AvgIpc) is 3.37. The van der Waals surface area contributed by atoms with Gasteiger partial charge in [-0.05, 0) is 62.2 Å². The van der Waals surface area contributed by atoms with Gasteiger partial charge in [0.25, 0.3) is 0 Å². The first-order valence-corrected chi connectivity index (χ1v) is 15.5. The molecule has 0 aliphatic carbocycles. The predicted molar refractivity (Wildman–Crippen MR) is 171 cm³/mol. The molecule has 0 radical (unpaired) electrons. The number of allylic oxidation sites excluding steroid dienone is 1. The molecule has 0 fully saturated rings. The highest BCUT2D eigenvalue weighted by Crippen LogP contribution is 2.41.